The molecule has 0 unspecified atom stereocenters. The molecule has 8 N–H and O–H groups in total. The fourth-order valence-electron chi connectivity index (χ4n) is 5.99. The zero-order valence-corrected chi connectivity index (χ0v) is 32.1. The van der Waals surface area contributed by atoms with Crippen LogP contribution in [0.5, 0.6) is 0 Å². The van der Waals surface area contributed by atoms with Crippen LogP contribution < -0.4 is 37.6 Å². The zero-order valence-electron chi connectivity index (χ0n) is 32.1. The van der Waals surface area contributed by atoms with Crippen molar-refractivity contribution in [3.8, 4) is 0 Å². The second-order valence-corrected chi connectivity index (χ2v) is 14.8. The van der Waals surface area contributed by atoms with Crippen molar-refractivity contribution in [2.75, 3.05) is 13.1 Å². The Balaban J connectivity index is 1.89. The Morgan fingerprint density at radius 2 is 1.25 bits per heavy atom. The molecule has 0 saturated carbocycles. The Labute approximate surface area is 323 Å². The van der Waals surface area contributed by atoms with Crippen molar-refractivity contribution in [1.29, 1.82) is 0 Å². The molecular weight excluding hydrogens is 706 g/mol. The number of nitrogens with one attached hydrogen (secondary N) is 6. The highest BCUT2D eigenvalue weighted by Gasteiger charge is 2.30. The van der Waals surface area contributed by atoms with Crippen LogP contribution in [-0.4, -0.2) is 84.4 Å². The Kier molecular flexibility index (Phi) is 18.1. The van der Waals surface area contributed by atoms with Crippen LogP contribution >= 0.6 is 0 Å². The van der Waals surface area contributed by atoms with Crippen LogP contribution in [0, 0.1) is 0 Å². The van der Waals surface area contributed by atoms with Gasteiger partial charge in [0.05, 0.1) is 0 Å². The van der Waals surface area contributed by atoms with Crippen LogP contribution in [0.15, 0.2) is 60.7 Å². The lowest BCUT2D eigenvalue weighted by Gasteiger charge is -2.26. The van der Waals surface area contributed by atoms with Crippen molar-refractivity contribution in [2.24, 2.45) is 5.73 Å². The lowest BCUT2D eigenvalue weighted by molar-refractivity contribution is -0.131. The van der Waals surface area contributed by atoms with Crippen molar-refractivity contribution >= 4 is 41.5 Å². The van der Waals surface area contributed by atoms with E-state index in [-0.39, 0.29) is 56.8 Å². The molecule has 0 spiro atoms. The van der Waals surface area contributed by atoms with Gasteiger partial charge >= 0.3 is 6.09 Å². The number of ether oxygens (including phenoxy) is 1. The monoisotopic (exact) mass is 763 g/mol. The predicted octanol–water partition coefficient (Wildman–Crippen LogP) is 2.06. The van der Waals surface area contributed by atoms with E-state index in [1.165, 1.54) is 0 Å². The molecule has 300 valence electrons. The molecule has 1 heterocycles. The van der Waals surface area contributed by atoms with Gasteiger partial charge in [-0.1, -0.05) is 60.7 Å². The van der Waals surface area contributed by atoms with E-state index in [9.17, 15) is 33.6 Å². The number of alkyl carbamates (subject to hydrolysis) is 1. The number of benzene rings is 2. The molecule has 2 aromatic rings. The third kappa shape index (κ3) is 17.9. The van der Waals surface area contributed by atoms with Gasteiger partial charge in [-0.05, 0) is 76.8 Å². The maximum atomic E-state index is 13.9. The summed E-state index contributed by atoms with van der Waals surface area (Å²) in [7, 11) is 0. The molecule has 7 amide bonds. The van der Waals surface area contributed by atoms with Gasteiger partial charge in [-0.25, -0.2) is 4.79 Å². The molecule has 2 aromatic carbocycles. The van der Waals surface area contributed by atoms with Crippen LogP contribution in [0.1, 0.15) is 89.7 Å². The molecule has 0 radical (unpaired) electrons. The van der Waals surface area contributed by atoms with Crippen molar-refractivity contribution < 1.29 is 38.3 Å². The number of carbonyl (C=O) groups excluding carboxylic acids is 7. The van der Waals surface area contributed by atoms with E-state index in [2.05, 4.69) is 31.9 Å². The first-order valence-corrected chi connectivity index (χ1v) is 19.0. The maximum absolute atomic E-state index is 13.9. The minimum Gasteiger partial charge on any atom is -0.444 e. The minimum absolute atomic E-state index is 0.00739. The molecular formula is C40H57N7O8. The Bertz CT molecular complexity index is 1580. The summed E-state index contributed by atoms with van der Waals surface area (Å²) in [4.78, 5) is 91.3. The Hall–Kier alpha value is -5.47. The second kappa shape index (κ2) is 22.7. The molecule has 3 rings (SSSR count). The largest absolute Gasteiger partial charge is 0.444 e. The molecule has 15 heteroatoms. The number of hydrogen-bond acceptors (Lipinski definition) is 8. The molecule has 15 nitrogen and oxygen atoms in total. The quantitative estimate of drug-likeness (QED) is 0.230. The molecule has 0 aliphatic carbocycles. The fraction of sp³-hybridized carbons (Fsp3) is 0.525. The lowest BCUT2D eigenvalue weighted by atomic mass is 10.00. The first kappa shape index (κ1) is 43.9. The molecule has 1 fully saturated rings. The third-order valence-corrected chi connectivity index (χ3v) is 8.77. The molecule has 1 aliphatic heterocycles. The average Bonchev–Trinajstić information content (AvgIpc) is 3.12. The van der Waals surface area contributed by atoms with Crippen LogP contribution in [0.2, 0.25) is 0 Å². The first-order chi connectivity index (χ1) is 26.2. The highest BCUT2D eigenvalue weighted by atomic mass is 16.6. The van der Waals surface area contributed by atoms with E-state index >= 15 is 0 Å². The number of rotatable bonds is 6. The van der Waals surface area contributed by atoms with Gasteiger partial charge in [0.25, 0.3) is 0 Å². The zero-order chi connectivity index (χ0) is 40.2. The number of amides is 7. The van der Waals surface area contributed by atoms with Crippen LogP contribution in [0.4, 0.5) is 4.79 Å². The van der Waals surface area contributed by atoms with E-state index in [0.29, 0.717) is 38.8 Å². The number of primary amides is 1. The van der Waals surface area contributed by atoms with Gasteiger partial charge in [0.2, 0.25) is 35.4 Å². The SMILES string of the molecule is CC(C)(C)OC(=O)N[C@H]1CCCCNC(=O)CCC(=O)NCCCC[C@@H](C(N)=O)NC(=O)[C@H](Cc2ccccc2)NC(=O)C[C@H](Cc2ccccc2)NC1=O. The molecule has 55 heavy (non-hydrogen) atoms. The first-order valence-electron chi connectivity index (χ1n) is 19.0. The van der Waals surface area contributed by atoms with E-state index < -0.39 is 59.5 Å². The lowest BCUT2D eigenvalue weighted by Crippen LogP contribution is -2.55. The molecule has 1 saturated heterocycles. The van der Waals surface area contributed by atoms with Gasteiger partial charge in [0, 0.05) is 44.8 Å². The van der Waals surface area contributed by atoms with Gasteiger partial charge in [-0.15, -0.1) is 0 Å². The number of hydrogen-bond donors (Lipinski definition) is 7. The number of carbonyl (C=O) groups is 7. The average molecular weight is 764 g/mol. The van der Waals surface area contributed by atoms with Gasteiger partial charge in [-0.3, -0.25) is 28.8 Å². The highest BCUT2D eigenvalue weighted by Crippen LogP contribution is 2.12. The molecule has 4 atom stereocenters. The van der Waals surface area contributed by atoms with E-state index in [1.807, 2.05) is 60.7 Å². The predicted molar refractivity (Wildman–Crippen MR) is 206 cm³/mol. The van der Waals surface area contributed by atoms with E-state index in [0.717, 1.165) is 11.1 Å². The summed E-state index contributed by atoms with van der Waals surface area (Å²) in [5.41, 5.74) is 6.44. The van der Waals surface area contributed by atoms with Crippen molar-refractivity contribution in [3.05, 3.63) is 71.8 Å². The van der Waals surface area contributed by atoms with Crippen LogP contribution in [-0.2, 0) is 46.3 Å². The normalized spacial score (nSPS) is 22.2. The van der Waals surface area contributed by atoms with Crippen molar-refractivity contribution in [1.82, 2.24) is 31.9 Å². The number of nitrogens with two attached hydrogens (primary N) is 1. The van der Waals surface area contributed by atoms with Gasteiger partial charge in [0.1, 0.15) is 23.7 Å². The van der Waals surface area contributed by atoms with E-state index in [4.69, 9.17) is 10.5 Å². The molecule has 0 bridgehead atoms. The standard InChI is InChI=1S/C40H57N7O8/c1-40(2,3)55-39(54)47-31-19-11-13-23-43-34(49)21-20-33(48)42-22-12-10-18-30(36(41)51)46-38(53)32(25-28-16-8-5-9-17-28)45-35(50)26-29(44-37(31)52)24-27-14-6-4-7-15-27/h4-9,14-17,29-32H,10-13,18-26H2,1-3H3,(H2,41,51)(H,42,48)(H,43,49)(H,44,52)(H,45,50)(H,46,53)(H,47,54)/t29-,30-,31-,32-/m0/s1. The molecule has 1 aliphatic rings. The Morgan fingerprint density at radius 3 is 1.80 bits per heavy atom. The summed E-state index contributed by atoms with van der Waals surface area (Å²) >= 11 is 0. The maximum Gasteiger partial charge on any atom is 0.408 e. The van der Waals surface area contributed by atoms with Crippen molar-refractivity contribution in [3.63, 3.8) is 0 Å². The van der Waals surface area contributed by atoms with Gasteiger partial charge in [-0.2, -0.15) is 0 Å². The second-order valence-electron chi connectivity index (χ2n) is 14.8. The molecule has 0 aromatic heterocycles. The summed E-state index contributed by atoms with van der Waals surface area (Å²) in [6.45, 7) is 5.72. The summed E-state index contributed by atoms with van der Waals surface area (Å²) in [6.07, 6.45) is 1.66. The van der Waals surface area contributed by atoms with Gasteiger partial charge < -0.3 is 42.4 Å². The summed E-state index contributed by atoms with van der Waals surface area (Å²) in [6, 6.07) is 14.4. The van der Waals surface area contributed by atoms with Crippen LogP contribution in [0.3, 0.4) is 0 Å². The third-order valence-electron chi connectivity index (χ3n) is 8.77. The van der Waals surface area contributed by atoms with Crippen molar-refractivity contribution in [2.45, 2.75) is 121 Å². The summed E-state index contributed by atoms with van der Waals surface area (Å²) < 4.78 is 5.42. The summed E-state index contributed by atoms with van der Waals surface area (Å²) in [5.74, 6) is -3.01. The van der Waals surface area contributed by atoms with E-state index in [1.54, 1.807) is 20.8 Å². The smallest absolute Gasteiger partial charge is 0.408 e. The fourth-order valence-corrected chi connectivity index (χ4v) is 5.99. The minimum atomic E-state index is -1.09. The van der Waals surface area contributed by atoms with Gasteiger partial charge in [0.15, 0.2) is 0 Å². The topological polar surface area (TPSA) is 227 Å². The van der Waals surface area contributed by atoms with Crippen LogP contribution in [0.25, 0.3) is 0 Å². The Morgan fingerprint density at radius 1 is 0.709 bits per heavy atom. The summed E-state index contributed by atoms with van der Waals surface area (Å²) in [5, 5.41) is 16.6. The highest BCUT2D eigenvalue weighted by molar-refractivity contribution is 5.92.